The predicted molar refractivity (Wildman–Crippen MR) is 68.9 cm³/mol. The van der Waals surface area contributed by atoms with Crippen molar-refractivity contribution in [1.82, 2.24) is 10.2 Å². The summed E-state index contributed by atoms with van der Waals surface area (Å²) < 4.78 is 0. The van der Waals surface area contributed by atoms with E-state index in [0.717, 1.165) is 5.56 Å². The highest BCUT2D eigenvalue weighted by Gasteiger charge is 2.13. The minimum Gasteiger partial charge on any atom is -0.507 e. The summed E-state index contributed by atoms with van der Waals surface area (Å²) in [6.07, 6.45) is 1.48. The molecule has 0 fully saturated rings. The lowest BCUT2D eigenvalue weighted by molar-refractivity contribution is 0.102. The van der Waals surface area contributed by atoms with Gasteiger partial charge in [-0.25, -0.2) is 0 Å². The van der Waals surface area contributed by atoms with E-state index in [1.54, 1.807) is 26.0 Å². The standard InChI is InChI=1S/C13H15N3O2/c1-7-4-5-11(8(2)12(7)17)15-13(18)10-6-14-16-9(10)3/h4-6,17H,1-3H3,(H,14,16)(H,15,18). The zero-order valence-corrected chi connectivity index (χ0v) is 10.5. The molecule has 1 aromatic carbocycles. The fourth-order valence-corrected chi connectivity index (χ4v) is 1.74. The molecule has 2 rings (SSSR count). The number of aromatic nitrogens is 2. The van der Waals surface area contributed by atoms with Crippen LogP contribution in [-0.2, 0) is 0 Å². The summed E-state index contributed by atoms with van der Waals surface area (Å²) in [6.45, 7) is 5.36. The van der Waals surface area contributed by atoms with Gasteiger partial charge in [-0.05, 0) is 32.4 Å². The van der Waals surface area contributed by atoms with Gasteiger partial charge in [-0.3, -0.25) is 9.89 Å². The molecule has 0 aliphatic rings. The number of nitrogens with zero attached hydrogens (tertiary/aromatic N) is 1. The van der Waals surface area contributed by atoms with Crippen LogP contribution in [0.25, 0.3) is 0 Å². The van der Waals surface area contributed by atoms with Crippen molar-refractivity contribution in [1.29, 1.82) is 0 Å². The number of aryl methyl sites for hydroxylation is 2. The molecule has 0 saturated carbocycles. The van der Waals surface area contributed by atoms with E-state index in [1.165, 1.54) is 6.20 Å². The molecule has 0 bridgehead atoms. The van der Waals surface area contributed by atoms with Gasteiger partial charge in [-0.2, -0.15) is 5.10 Å². The Morgan fingerprint density at radius 2 is 2.06 bits per heavy atom. The Labute approximate surface area is 105 Å². The quantitative estimate of drug-likeness (QED) is 0.759. The monoisotopic (exact) mass is 245 g/mol. The van der Waals surface area contributed by atoms with Crippen LogP contribution in [0.1, 0.15) is 27.2 Å². The number of H-pyrrole nitrogens is 1. The topological polar surface area (TPSA) is 78.0 Å². The van der Waals surface area contributed by atoms with E-state index in [1.807, 2.05) is 6.92 Å². The maximum atomic E-state index is 12.0. The van der Waals surface area contributed by atoms with Gasteiger partial charge in [0.25, 0.3) is 5.91 Å². The number of nitrogens with one attached hydrogen (secondary N) is 2. The third kappa shape index (κ3) is 2.07. The first-order valence-electron chi connectivity index (χ1n) is 5.61. The first-order chi connectivity index (χ1) is 8.50. The number of aromatic hydroxyl groups is 1. The number of aromatic amines is 1. The molecule has 18 heavy (non-hydrogen) atoms. The molecule has 0 saturated heterocycles. The first kappa shape index (κ1) is 12.2. The lowest BCUT2D eigenvalue weighted by atomic mass is 10.1. The highest BCUT2D eigenvalue weighted by molar-refractivity contribution is 6.05. The van der Waals surface area contributed by atoms with Gasteiger partial charge in [0.05, 0.1) is 11.8 Å². The number of hydrogen-bond donors (Lipinski definition) is 3. The maximum Gasteiger partial charge on any atom is 0.259 e. The van der Waals surface area contributed by atoms with Gasteiger partial charge in [0.2, 0.25) is 0 Å². The second kappa shape index (κ2) is 4.52. The Morgan fingerprint density at radius 3 is 2.67 bits per heavy atom. The lowest BCUT2D eigenvalue weighted by Gasteiger charge is -2.11. The van der Waals surface area contributed by atoms with Crippen LogP contribution in [0.2, 0.25) is 0 Å². The van der Waals surface area contributed by atoms with Gasteiger partial charge in [0.1, 0.15) is 5.75 Å². The van der Waals surface area contributed by atoms with E-state index in [0.29, 0.717) is 22.5 Å². The maximum absolute atomic E-state index is 12.0. The van der Waals surface area contributed by atoms with Gasteiger partial charge in [-0.15, -0.1) is 0 Å². The Balaban J connectivity index is 2.28. The van der Waals surface area contributed by atoms with Crippen molar-refractivity contribution in [2.45, 2.75) is 20.8 Å². The number of carbonyl (C=O) groups is 1. The van der Waals surface area contributed by atoms with Gasteiger partial charge in [-0.1, -0.05) is 6.07 Å². The second-order valence-electron chi connectivity index (χ2n) is 4.27. The number of carbonyl (C=O) groups excluding carboxylic acids is 1. The lowest BCUT2D eigenvalue weighted by Crippen LogP contribution is -2.13. The molecule has 0 atom stereocenters. The van der Waals surface area contributed by atoms with Crippen LogP contribution in [0, 0.1) is 20.8 Å². The molecule has 0 spiro atoms. The molecule has 3 N–H and O–H groups in total. The molecule has 1 amide bonds. The van der Waals surface area contributed by atoms with Crippen LogP contribution in [0.5, 0.6) is 5.75 Å². The zero-order chi connectivity index (χ0) is 13.3. The summed E-state index contributed by atoms with van der Waals surface area (Å²) in [5.41, 5.74) is 3.24. The van der Waals surface area contributed by atoms with E-state index in [-0.39, 0.29) is 11.7 Å². The highest BCUT2D eigenvalue weighted by Crippen LogP contribution is 2.28. The minimum atomic E-state index is -0.243. The molecule has 5 nitrogen and oxygen atoms in total. The highest BCUT2D eigenvalue weighted by atomic mass is 16.3. The van der Waals surface area contributed by atoms with Gasteiger partial charge < -0.3 is 10.4 Å². The van der Waals surface area contributed by atoms with Crippen LogP contribution in [-0.4, -0.2) is 21.2 Å². The summed E-state index contributed by atoms with van der Waals surface area (Å²) in [6, 6.07) is 3.54. The van der Waals surface area contributed by atoms with E-state index in [2.05, 4.69) is 15.5 Å². The van der Waals surface area contributed by atoms with Crippen LogP contribution < -0.4 is 5.32 Å². The van der Waals surface area contributed by atoms with Gasteiger partial charge in [0.15, 0.2) is 0 Å². The van der Waals surface area contributed by atoms with Gasteiger partial charge in [0, 0.05) is 16.9 Å². The van der Waals surface area contributed by atoms with Crippen molar-refractivity contribution >= 4 is 11.6 Å². The number of hydrogen-bond acceptors (Lipinski definition) is 3. The fourth-order valence-electron chi connectivity index (χ4n) is 1.74. The summed E-state index contributed by atoms with van der Waals surface area (Å²) in [5.74, 6) is -0.0377. The average Bonchev–Trinajstić information content (AvgIpc) is 2.76. The molecule has 0 unspecified atom stereocenters. The number of amides is 1. The summed E-state index contributed by atoms with van der Waals surface area (Å²) in [7, 11) is 0. The number of benzene rings is 1. The number of anilines is 1. The third-order valence-electron chi connectivity index (χ3n) is 2.96. The first-order valence-corrected chi connectivity index (χ1v) is 5.61. The number of phenolic OH excluding ortho intramolecular Hbond substituents is 1. The van der Waals surface area contributed by atoms with E-state index < -0.39 is 0 Å². The van der Waals surface area contributed by atoms with Crippen molar-refractivity contribution in [2.24, 2.45) is 0 Å². The van der Waals surface area contributed by atoms with Gasteiger partial charge >= 0.3 is 0 Å². The molecule has 0 aliphatic heterocycles. The molecule has 5 heteroatoms. The number of rotatable bonds is 2. The summed E-state index contributed by atoms with van der Waals surface area (Å²) in [5, 5.41) is 19.1. The van der Waals surface area contributed by atoms with Crippen LogP contribution in [0.4, 0.5) is 5.69 Å². The smallest absolute Gasteiger partial charge is 0.259 e. The average molecular weight is 245 g/mol. The van der Waals surface area contributed by atoms with E-state index in [4.69, 9.17) is 0 Å². The predicted octanol–water partition coefficient (Wildman–Crippen LogP) is 2.29. The zero-order valence-electron chi connectivity index (χ0n) is 10.5. The van der Waals surface area contributed by atoms with Crippen molar-refractivity contribution < 1.29 is 9.90 Å². The molecular formula is C13H15N3O2. The van der Waals surface area contributed by atoms with Crippen LogP contribution in [0.3, 0.4) is 0 Å². The summed E-state index contributed by atoms with van der Waals surface area (Å²) >= 11 is 0. The molecule has 0 aliphatic carbocycles. The largest absolute Gasteiger partial charge is 0.507 e. The Kier molecular flexibility index (Phi) is 3.06. The molecule has 94 valence electrons. The third-order valence-corrected chi connectivity index (χ3v) is 2.96. The number of phenols is 1. The van der Waals surface area contributed by atoms with Crippen LogP contribution in [0.15, 0.2) is 18.3 Å². The van der Waals surface area contributed by atoms with Crippen molar-refractivity contribution in [3.8, 4) is 5.75 Å². The fraction of sp³-hybridized carbons (Fsp3) is 0.231. The second-order valence-corrected chi connectivity index (χ2v) is 4.27. The van der Waals surface area contributed by atoms with Crippen molar-refractivity contribution in [3.05, 3.63) is 40.7 Å². The minimum absolute atomic E-state index is 0.205. The summed E-state index contributed by atoms with van der Waals surface area (Å²) in [4.78, 5) is 12.0. The van der Waals surface area contributed by atoms with Crippen LogP contribution >= 0.6 is 0 Å². The Bertz CT molecular complexity index is 602. The molecular weight excluding hydrogens is 230 g/mol. The normalized spacial score (nSPS) is 10.4. The molecule has 1 aromatic heterocycles. The molecule has 1 heterocycles. The Hall–Kier alpha value is -2.30. The van der Waals surface area contributed by atoms with Crippen molar-refractivity contribution in [3.63, 3.8) is 0 Å². The SMILES string of the molecule is Cc1ccc(NC(=O)c2cn[nH]c2C)c(C)c1O. The Morgan fingerprint density at radius 1 is 1.33 bits per heavy atom. The van der Waals surface area contributed by atoms with E-state index in [9.17, 15) is 9.90 Å². The van der Waals surface area contributed by atoms with Crippen molar-refractivity contribution in [2.75, 3.05) is 5.32 Å². The molecule has 0 radical (unpaired) electrons. The molecule has 2 aromatic rings. The van der Waals surface area contributed by atoms with E-state index >= 15 is 0 Å².